The maximum absolute atomic E-state index is 6.50. The molecule has 0 spiro atoms. The van der Waals surface area contributed by atoms with Crippen LogP contribution in [-0.2, 0) is 6.42 Å². The SMILES string of the molecule is ClC(Cc1cccc2ccccc12)c1ccoc1Br. The lowest BCUT2D eigenvalue weighted by molar-refractivity contribution is 0.536. The van der Waals surface area contributed by atoms with Gasteiger partial charge in [-0.2, -0.15) is 0 Å². The number of rotatable bonds is 3. The highest BCUT2D eigenvalue weighted by molar-refractivity contribution is 9.10. The third kappa shape index (κ3) is 2.56. The Morgan fingerprint density at radius 2 is 1.84 bits per heavy atom. The molecule has 1 nitrogen and oxygen atoms in total. The van der Waals surface area contributed by atoms with Crippen LogP contribution in [0.5, 0.6) is 0 Å². The molecule has 2 aromatic carbocycles. The molecule has 3 aromatic rings. The first-order valence-electron chi connectivity index (χ1n) is 6.09. The molecular formula is C16H12BrClO. The van der Waals surface area contributed by atoms with Crippen LogP contribution in [0, 0.1) is 0 Å². The van der Waals surface area contributed by atoms with Crippen LogP contribution < -0.4 is 0 Å². The Morgan fingerprint density at radius 3 is 2.63 bits per heavy atom. The van der Waals surface area contributed by atoms with Crippen LogP contribution in [-0.4, -0.2) is 0 Å². The van der Waals surface area contributed by atoms with Crippen molar-refractivity contribution >= 4 is 38.3 Å². The lowest BCUT2D eigenvalue weighted by Gasteiger charge is -2.10. The molecule has 3 rings (SSSR count). The molecule has 0 saturated heterocycles. The fourth-order valence-corrected chi connectivity index (χ4v) is 3.29. The van der Waals surface area contributed by atoms with E-state index in [0.717, 1.165) is 12.0 Å². The monoisotopic (exact) mass is 334 g/mol. The van der Waals surface area contributed by atoms with E-state index >= 15 is 0 Å². The zero-order valence-electron chi connectivity index (χ0n) is 10.1. The lowest BCUT2D eigenvalue weighted by atomic mass is 9.99. The van der Waals surface area contributed by atoms with Crippen molar-refractivity contribution in [1.82, 2.24) is 0 Å². The summed E-state index contributed by atoms with van der Waals surface area (Å²) in [5.74, 6) is 0. The van der Waals surface area contributed by atoms with E-state index < -0.39 is 0 Å². The molecule has 3 heteroatoms. The molecule has 0 fully saturated rings. The third-order valence-corrected chi connectivity index (χ3v) is 4.30. The van der Waals surface area contributed by atoms with Gasteiger partial charge in [-0.3, -0.25) is 0 Å². The van der Waals surface area contributed by atoms with Gasteiger partial charge >= 0.3 is 0 Å². The Labute approximate surface area is 125 Å². The topological polar surface area (TPSA) is 13.1 Å². The zero-order chi connectivity index (χ0) is 13.2. The van der Waals surface area contributed by atoms with Gasteiger partial charge < -0.3 is 4.42 Å². The second kappa shape index (κ2) is 5.40. The van der Waals surface area contributed by atoms with E-state index in [-0.39, 0.29) is 5.38 Å². The number of hydrogen-bond acceptors (Lipinski definition) is 1. The minimum atomic E-state index is -0.0982. The van der Waals surface area contributed by atoms with Gasteiger partial charge in [0.25, 0.3) is 0 Å². The van der Waals surface area contributed by atoms with E-state index in [2.05, 4.69) is 58.4 Å². The molecule has 0 amide bonds. The molecule has 0 N–H and O–H groups in total. The fourth-order valence-electron chi connectivity index (χ4n) is 2.30. The highest BCUT2D eigenvalue weighted by Gasteiger charge is 2.15. The largest absolute Gasteiger partial charge is 0.457 e. The van der Waals surface area contributed by atoms with Crippen molar-refractivity contribution in [3.8, 4) is 0 Å². The molecule has 0 aliphatic carbocycles. The number of benzene rings is 2. The summed E-state index contributed by atoms with van der Waals surface area (Å²) in [6.45, 7) is 0. The third-order valence-electron chi connectivity index (χ3n) is 3.26. The zero-order valence-corrected chi connectivity index (χ0v) is 12.5. The summed E-state index contributed by atoms with van der Waals surface area (Å²) in [5, 5.41) is 2.41. The van der Waals surface area contributed by atoms with Crippen molar-refractivity contribution in [2.45, 2.75) is 11.8 Å². The molecule has 0 radical (unpaired) electrons. The Morgan fingerprint density at radius 1 is 1.05 bits per heavy atom. The van der Waals surface area contributed by atoms with Gasteiger partial charge in [0.1, 0.15) is 0 Å². The van der Waals surface area contributed by atoms with Crippen LogP contribution in [0.25, 0.3) is 10.8 Å². The van der Waals surface area contributed by atoms with E-state index in [1.807, 2.05) is 6.07 Å². The smallest absolute Gasteiger partial charge is 0.173 e. The van der Waals surface area contributed by atoms with Crippen LogP contribution in [0.1, 0.15) is 16.5 Å². The van der Waals surface area contributed by atoms with Crippen LogP contribution in [0.4, 0.5) is 0 Å². The van der Waals surface area contributed by atoms with E-state index in [1.165, 1.54) is 16.3 Å². The number of halogens is 2. The highest BCUT2D eigenvalue weighted by Crippen LogP contribution is 2.33. The van der Waals surface area contributed by atoms with Crippen molar-refractivity contribution in [3.05, 3.63) is 70.6 Å². The molecule has 0 saturated carbocycles. The maximum atomic E-state index is 6.50. The van der Waals surface area contributed by atoms with Crippen molar-refractivity contribution in [3.63, 3.8) is 0 Å². The van der Waals surface area contributed by atoms with E-state index in [1.54, 1.807) is 6.26 Å². The molecule has 96 valence electrons. The predicted octanol–water partition coefficient (Wildman–Crippen LogP) is 5.72. The molecule has 1 aromatic heterocycles. The number of hydrogen-bond donors (Lipinski definition) is 0. The van der Waals surface area contributed by atoms with Gasteiger partial charge in [-0.1, -0.05) is 42.5 Å². The quantitative estimate of drug-likeness (QED) is 0.558. The van der Waals surface area contributed by atoms with Crippen LogP contribution in [0.3, 0.4) is 0 Å². The average molecular weight is 336 g/mol. The average Bonchev–Trinajstić information content (AvgIpc) is 2.85. The number of alkyl halides is 1. The second-order valence-corrected chi connectivity index (χ2v) is 5.71. The number of furan rings is 1. The predicted molar refractivity (Wildman–Crippen MR) is 82.7 cm³/mol. The molecule has 1 heterocycles. The summed E-state index contributed by atoms with van der Waals surface area (Å²) in [7, 11) is 0. The van der Waals surface area contributed by atoms with Gasteiger partial charge in [-0.15, -0.1) is 11.6 Å². The van der Waals surface area contributed by atoms with Crippen molar-refractivity contribution in [1.29, 1.82) is 0 Å². The Balaban J connectivity index is 1.96. The van der Waals surface area contributed by atoms with Crippen molar-refractivity contribution < 1.29 is 4.42 Å². The van der Waals surface area contributed by atoms with Gasteiger partial charge in [0.15, 0.2) is 4.67 Å². The summed E-state index contributed by atoms with van der Waals surface area (Å²) < 4.78 is 5.96. The van der Waals surface area contributed by atoms with Gasteiger partial charge in [0.05, 0.1) is 11.6 Å². The van der Waals surface area contributed by atoms with Crippen LogP contribution in [0.15, 0.2) is 63.9 Å². The molecule has 1 atom stereocenters. The first-order chi connectivity index (χ1) is 9.25. The van der Waals surface area contributed by atoms with Gasteiger partial charge in [0, 0.05) is 5.56 Å². The summed E-state index contributed by atoms with van der Waals surface area (Å²) in [6, 6.07) is 16.6. The number of fused-ring (bicyclic) bond motifs is 1. The minimum Gasteiger partial charge on any atom is -0.457 e. The maximum Gasteiger partial charge on any atom is 0.173 e. The lowest BCUT2D eigenvalue weighted by Crippen LogP contribution is -1.96. The Bertz CT molecular complexity index is 699. The van der Waals surface area contributed by atoms with Gasteiger partial charge in [-0.05, 0) is 44.8 Å². The van der Waals surface area contributed by atoms with E-state index in [9.17, 15) is 0 Å². The standard InChI is InChI=1S/C16H12BrClO/c17-16-14(8-9-19-16)15(18)10-12-6-3-5-11-4-1-2-7-13(11)12/h1-9,15H,10H2. The van der Waals surface area contributed by atoms with Gasteiger partial charge in [0.2, 0.25) is 0 Å². The summed E-state index contributed by atoms with van der Waals surface area (Å²) in [4.78, 5) is 0. The van der Waals surface area contributed by atoms with Crippen molar-refractivity contribution in [2.24, 2.45) is 0 Å². The molecule has 19 heavy (non-hydrogen) atoms. The first kappa shape index (κ1) is 12.8. The van der Waals surface area contributed by atoms with Crippen LogP contribution in [0.2, 0.25) is 0 Å². The first-order valence-corrected chi connectivity index (χ1v) is 7.32. The Hall–Kier alpha value is -1.25. The second-order valence-electron chi connectivity index (χ2n) is 4.46. The summed E-state index contributed by atoms with van der Waals surface area (Å²) in [6.07, 6.45) is 2.43. The van der Waals surface area contributed by atoms with Crippen molar-refractivity contribution in [2.75, 3.05) is 0 Å². The molecule has 0 aliphatic heterocycles. The molecule has 0 bridgehead atoms. The molecule has 0 aliphatic rings. The minimum absolute atomic E-state index is 0.0982. The van der Waals surface area contributed by atoms with E-state index in [4.69, 9.17) is 16.0 Å². The Kier molecular flexibility index (Phi) is 3.63. The highest BCUT2D eigenvalue weighted by atomic mass is 79.9. The van der Waals surface area contributed by atoms with Gasteiger partial charge in [-0.25, -0.2) is 0 Å². The molecular weight excluding hydrogens is 324 g/mol. The summed E-state index contributed by atoms with van der Waals surface area (Å²) in [5.41, 5.74) is 2.25. The van der Waals surface area contributed by atoms with Crippen LogP contribution >= 0.6 is 27.5 Å². The fraction of sp³-hybridized carbons (Fsp3) is 0.125. The molecule has 1 unspecified atom stereocenters. The van der Waals surface area contributed by atoms with E-state index in [0.29, 0.717) is 4.67 Å². The normalized spacial score (nSPS) is 12.7. The summed E-state index contributed by atoms with van der Waals surface area (Å²) >= 11 is 9.88.